The van der Waals surface area contributed by atoms with Crippen molar-refractivity contribution in [1.82, 2.24) is 0 Å². The van der Waals surface area contributed by atoms with Crippen LogP contribution in [0.5, 0.6) is 0 Å². The molecule has 0 amide bonds. The second kappa shape index (κ2) is 9.07. The number of aliphatic hydroxyl groups is 1. The number of halogens is 3. The second-order valence-electron chi connectivity index (χ2n) is 13.5. The van der Waals surface area contributed by atoms with Crippen molar-refractivity contribution in [3.05, 3.63) is 23.8 Å². The molecule has 10 heteroatoms. The van der Waals surface area contributed by atoms with Crippen LogP contribution in [0, 0.1) is 40.4 Å². The lowest BCUT2D eigenvalue weighted by Gasteiger charge is -2.62. The molecule has 0 spiro atoms. The summed E-state index contributed by atoms with van der Waals surface area (Å²) >= 11 is 0. The van der Waals surface area contributed by atoms with E-state index < -0.39 is 76.9 Å². The molecule has 6 aliphatic rings. The van der Waals surface area contributed by atoms with Crippen LogP contribution in [0.3, 0.4) is 0 Å². The van der Waals surface area contributed by atoms with Crippen molar-refractivity contribution in [2.24, 2.45) is 40.4 Å². The van der Waals surface area contributed by atoms with E-state index in [1.165, 1.54) is 19.1 Å². The van der Waals surface area contributed by atoms with E-state index in [2.05, 4.69) is 0 Å². The second-order valence-corrected chi connectivity index (χ2v) is 13.5. The van der Waals surface area contributed by atoms with Crippen LogP contribution in [0.15, 0.2) is 23.8 Å². The van der Waals surface area contributed by atoms with Crippen molar-refractivity contribution in [3.8, 4) is 0 Å². The summed E-state index contributed by atoms with van der Waals surface area (Å²) in [5.41, 5.74) is -7.48. The Morgan fingerprint density at radius 1 is 1.12 bits per heavy atom. The van der Waals surface area contributed by atoms with E-state index in [-0.39, 0.29) is 36.9 Å². The molecule has 6 rings (SSSR count). The van der Waals surface area contributed by atoms with Crippen LogP contribution < -0.4 is 0 Å². The van der Waals surface area contributed by atoms with Crippen molar-refractivity contribution in [3.63, 3.8) is 0 Å². The summed E-state index contributed by atoms with van der Waals surface area (Å²) in [6, 6.07) is 0. The fraction of sp³-hybridized carbons (Fsp3) is 0.767. The molecule has 0 radical (unpaired) electrons. The molecule has 1 N–H and O–H groups in total. The quantitative estimate of drug-likeness (QED) is 0.473. The van der Waals surface area contributed by atoms with Gasteiger partial charge in [-0.1, -0.05) is 19.9 Å². The number of carbonyl (C=O) groups is 3. The van der Waals surface area contributed by atoms with Gasteiger partial charge in [0, 0.05) is 22.7 Å². The topological polar surface area (TPSA) is 99.1 Å². The summed E-state index contributed by atoms with van der Waals surface area (Å²) in [5.74, 6) is -3.46. The molecule has 6 aliphatic carbocycles. The lowest BCUT2D eigenvalue weighted by atomic mass is 9.44. The number of rotatable bonds is 4. The molecular formula is C30H37F3O7. The Labute approximate surface area is 231 Å². The molecule has 220 valence electrons. The number of alkyl halides is 3. The van der Waals surface area contributed by atoms with E-state index in [0.29, 0.717) is 12.3 Å². The van der Waals surface area contributed by atoms with Crippen LogP contribution in [0.25, 0.3) is 0 Å². The first-order valence-electron chi connectivity index (χ1n) is 14.4. The Hall–Kier alpha value is -2.36. The molecule has 0 aromatic rings. The van der Waals surface area contributed by atoms with Crippen molar-refractivity contribution < 1.29 is 46.9 Å². The van der Waals surface area contributed by atoms with E-state index in [4.69, 9.17) is 14.2 Å². The Morgan fingerprint density at radius 2 is 1.88 bits per heavy atom. The summed E-state index contributed by atoms with van der Waals surface area (Å²) in [4.78, 5) is 38.9. The largest absolute Gasteiger partial charge is 0.509 e. The zero-order valence-electron chi connectivity index (χ0n) is 23.0. The molecule has 0 aromatic carbocycles. The van der Waals surface area contributed by atoms with Crippen molar-refractivity contribution in [2.75, 3.05) is 6.86 Å². The first-order valence-corrected chi connectivity index (χ1v) is 14.4. The average molecular weight is 567 g/mol. The Morgan fingerprint density at radius 3 is 2.52 bits per heavy atom. The van der Waals surface area contributed by atoms with Crippen LogP contribution in [-0.2, 0) is 23.8 Å². The minimum Gasteiger partial charge on any atom is -0.431 e. The first-order chi connectivity index (χ1) is 18.8. The van der Waals surface area contributed by atoms with Gasteiger partial charge in [0.25, 0.3) is 0 Å². The highest BCUT2D eigenvalue weighted by Crippen LogP contribution is 2.71. The molecule has 0 saturated heterocycles. The number of allylic oxidation sites excluding steroid dienone is 4. The van der Waals surface area contributed by atoms with Crippen molar-refractivity contribution in [1.29, 1.82) is 0 Å². The Kier molecular flexibility index (Phi) is 6.30. The third kappa shape index (κ3) is 3.43. The number of esters is 1. The molecule has 0 heterocycles. The number of ketones is 1. The molecule has 12 atom stereocenters. The van der Waals surface area contributed by atoms with Gasteiger partial charge < -0.3 is 19.3 Å². The van der Waals surface area contributed by atoms with Gasteiger partial charge in [0.15, 0.2) is 11.5 Å². The zero-order valence-corrected chi connectivity index (χ0v) is 23.0. The number of ether oxygens (including phenoxy) is 3. The maximum Gasteiger partial charge on any atom is 0.509 e. The summed E-state index contributed by atoms with van der Waals surface area (Å²) in [7, 11) is 0. The third-order valence-electron chi connectivity index (χ3n) is 11.8. The number of hydrogen-bond acceptors (Lipinski definition) is 7. The van der Waals surface area contributed by atoms with Gasteiger partial charge >= 0.3 is 12.1 Å². The molecule has 5 fully saturated rings. The van der Waals surface area contributed by atoms with Crippen LogP contribution >= 0.6 is 0 Å². The number of hydrogen-bond donors (Lipinski definition) is 1. The van der Waals surface area contributed by atoms with Gasteiger partial charge in [-0.2, -0.15) is 0 Å². The molecule has 1 unspecified atom stereocenters. The first kappa shape index (κ1) is 27.8. The Bertz CT molecular complexity index is 1190. The van der Waals surface area contributed by atoms with Gasteiger partial charge in [-0.25, -0.2) is 22.8 Å². The maximum atomic E-state index is 17.5. The highest BCUT2D eigenvalue weighted by atomic mass is 19.1. The van der Waals surface area contributed by atoms with Gasteiger partial charge in [-0.15, -0.1) is 0 Å². The number of aliphatic hydroxyl groups excluding tert-OH is 1. The van der Waals surface area contributed by atoms with E-state index in [9.17, 15) is 23.9 Å². The predicted molar refractivity (Wildman–Crippen MR) is 135 cm³/mol. The SMILES string of the molecule is C[C@@H]1C[C@H]2[C@@H]3C[C@H](F)C4=CC(=O)C=C[C@]4(C)C3(F)[C@@H](O)C[C@]2(C)[C@]1(OC(=O)O[C@H]1C[C@@H]2CC[C@H]1C2)C(=O)OCF. The summed E-state index contributed by atoms with van der Waals surface area (Å²) in [6.45, 7) is 3.27. The van der Waals surface area contributed by atoms with Crippen LogP contribution in [0.2, 0.25) is 0 Å². The van der Waals surface area contributed by atoms with Gasteiger partial charge in [0.05, 0.1) is 6.10 Å². The molecule has 0 aromatic heterocycles. The van der Waals surface area contributed by atoms with Gasteiger partial charge in [-0.05, 0) is 87.3 Å². The smallest absolute Gasteiger partial charge is 0.431 e. The summed E-state index contributed by atoms with van der Waals surface area (Å²) < 4.78 is 63.0. The molecule has 2 bridgehead atoms. The molecular weight excluding hydrogens is 529 g/mol. The van der Waals surface area contributed by atoms with Gasteiger partial charge in [-0.3, -0.25) is 4.79 Å². The van der Waals surface area contributed by atoms with Crippen LogP contribution in [0.1, 0.15) is 65.7 Å². The minimum absolute atomic E-state index is 0.0127. The highest BCUT2D eigenvalue weighted by molar-refractivity contribution is 6.01. The Balaban J connectivity index is 1.38. The van der Waals surface area contributed by atoms with E-state index in [1.54, 1.807) is 13.8 Å². The monoisotopic (exact) mass is 566 g/mol. The minimum atomic E-state index is -2.37. The molecule has 0 aliphatic heterocycles. The maximum absolute atomic E-state index is 17.5. The van der Waals surface area contributed by atoms with E-state index in [1.807, 2.05) is 0 Å². The average Bonchev–Trinajstić information content (AvgIpc) is 3.56. The van der Waals surface area contributed by atoms with E-state index in [0.717, 1.165) is 25.3 Å². The number of carbonyl (C=O) groups excluding carboxylic acids is 3. The fourth-order valence-electron chi connectivity index (χ4n) is 9.98. The summed E-state index contributed by atoms with van der Waals surface area (Å²) in [5, 5.41) is 11.6. The standard InChI is InChI=1S/C30H37F3O7/c1-15-8-19-20-12-22(32)21-11-18(34)6-7-27(21,2)29(20,33)24(35)13-28(19,3)30(15,25(36)38-14-31)40-26(37)39-23-10-16-4-5-17(23)9-16/h6-7,11,15-17,19-20,22-24,35H,4-5,8-10,12-14H2,1-3H3/t15-,16-,17+,19+,20+,22+,23+,24+,27+,28+,29?,30-/m1/s1. The summed E-state index contributed by atoms with van der Waals surface area (Å²) in [6.07, 6.45) is 2.04. The lowest BCUT2D eigenvalue weighted by molar-refractivity contribution is -0.235. The lowest BCUT2D eigenvalue weighted by Crippen LogP contribution is -2.71. The molecule has 7 nitrogen and oxygen atoms in total. The zero-order chi connectivity index (χ0) is 28.8. The van der Waals surface area contributed by atoms with Crippen molar-refractivity contribution in [2.45, 2.75) is 95.4 Å². The van der Waals surface area contributed by atoms with E-state index >= 15 is 8.78 Å². The van der Waals surface area contributed by atoms with Crippen molar-refractivity contribution >= 4 is 17.9 Å². The predicted octanol–water partition coefficient (Wildman–Crippen LogP) is 5.10. The molecule has 40 heavy (non-hydrogen) atoms. The highest BCUT2D eigenvalue weighted by Gasteiger charge is 2.79. The number of fused-ring (bicyclic) bond motifs is 7. The van der Waals surface area contributed by atoms with Crippen LogP contribution in [-0.4, -0.2) is 59.5 Å². The third-order valence-corrected chi connectivity index (χ3v) is 11.8. The molecule has 5 saturated carbocycles. The van der Waals surface area contributed by atoms with Gasteiger partial charge in [0.1, 0.15) is 12.3 Å². The van der Waals surface area contributed by atoms with Gasteiger partial charge in [0.2, 0.25) is 12.5 Å². The fourth-order valence-corrected chi connectivity index (χ4v) is 9.98. The van der Waals surface area contributed by atoms with Crippen LogP contribution in [0.4, 0.5) is 18.0 Å². The normalized spacial score (nSPS) is 50.5.